The maximum Gasteiger partial charge on any atom is 0.250 e. The Morgan fingerprint density at radius 3 is 2.61 bits per heavy atom. The summed E-state index contributed by atoms with van der Waals surface area (Å²) in [7, 11) is 0. The molecule has 1 aliphatic heterocycles. The van der Waals surface area contributed by atoms with Crippen LogP contribution < -0.4 is 11.1 Å². The number of carbonyl (C=O) groups excluding carboxylic acids is 2. The molecule has 0 bridgehead atoms. The third-order valence-electron chi connectivity index (χ3n) is 4.85. The van der Waals surface area contributed by atoms with E-state index in [-0.39, 0.29) is 12.0 Å². The normalized spacial score (nSPS) is 22.1. The van der Waals surface area contributed by atoms with Crippen molar-refractivity contribution >= 4 is 17.6 Å². The van der Waals surface area contributed by atoms with E-state index in [0.717, 1.165) is 32.4 Å². The highest BCUT2D eigenvalue weighted by atomic mass is 16.2. The van der Waals surface area contributed by atoms with Crippen molar-refractivity contribution in [3.63, 3.8) is 0 Å². The van der Waals surface area contributed by atoms with E-state index in [4.69, 9.17) is 5.73 Å². The van der Waals surface area contributed by atoms with Crippen LogP contribution in [-0.2, 0) is 4.79 Å². The molecule has 1 unspecified atom stereocenters. The summed E-state index contributed by atoms with van der Waals surface area (Å²) < 4.78 is 0. The minimum absolute atomic E-state index is 0.217. The van der Waals surface area contributed by atoms with Crippen molar-refractivity contribution in [3.8, 4) is 0 Å². The van der Waals surface area contributed by atoms with Crippen molar-refractivity contribution in [1.82, 2.24) is 9.88 Å². The number of aromatic nitrogens is 1. The highest BCUT2D eigenvalue weighted by Crippen LogP contribution is 2.27. The number of nitrogens with two attached hydrogens (primary N) is 1. The lowest BCUT2D eigenvalue weighted by atomic mass is 9.88. The van der Waals surface area contributed by atoms with Crippen LogP contribution in [0, 0.1) is 5.92 Å². The van der Waals surface area contributed by atoms with Gasteiger partial charge in [0.1, 0.15) is 5.82 Å². The molecule has 6 nitrogen and oxygen atoms in total. The van der Waals surface area contributed by atoms with Gasteiger partial charge in [0.2, 0.25) is 11.8 Å². The summed E-state index contributed by atoms with van der Waals surface area (Å²) in [5, 5.41) is 3.34. The van der Waals surface area contributed by atoms with Crippen molar-refractivity contribution in [3.05, 3.63) is 23.9 Å². The lowest BCUT2D eigenvalue weighted by Gasteiger charge is -2.26. The van der Waals surface area contributed by atoms with E-state index in [0.29, 0.717) is 17.3 Å². The monoisotopic (exact) mass is 316 g/mol. The molecule has 0 spiro atoms. The molecule has 2 aliphatic rings. The molecule has 6 heteroatoms. The smallest absolute Gasteiger partial charge is 0.250 e. The zero-order valence-corrected chi connectivity index (χ0v) is 13.3. The van der Waals surface area contributed by atoms with Crippen LogP contribution in [0.5, 0.6) is 0 Å². The van der Waals surface area contributed by atoms with Gasteiger partial charge in [-0.3, -0.25) is 9.59 Å². The van der Waals surface area contributed by atoms with Crippen LogP contribution in [0.4, 0.5) is 5.82 Å². The van der Waals surface area contributed by atoms with Crippen LogP contribution >= 0.6 is 0 Å². The first kappa shape index (κ1) is 15.8. The third kappa shape index (κ3) is 3.81. The van der Waals surface area contributed by atoms with Gasteiger partial charge >= 0.3 is 0 Å². The highest BCUT2D eigenvalue weighted by molar-refractivity contribution is 5.92. The summed E-state index contributed by atoms with van der Waals surface area (Å²) in [5.74, 6) is 0.794. The Bertz CT molecular complexity index is 566. The summed E-state index contributed by atoms with van der Waals surface area (Å²) in [6.07, 6.45) is 8.13. The van der Waals surface area contributed by atoms with Gasteiger partial charge in [-0.05, 0) is 31.4 Å². The second kappa shape index (κ2) is 6.98. The maximum absolute atomic E-state index is 12.5. The van der Waals surface area contributed by atoms with Crippen LogP contribution in [-0.4, -0.2) is 40.8 Å². The lowest BCUT2D eigenvalue weighted by molar-refractivity contribution is -0.135. The second-order valence-electron chi connectivity index (χ2n) is 6.55. The number of primary amides is 1. The maximum atomic E-state index is 12.5. The highest BCUT2D eigenvalue weighted by Gasteiger charge is 2.31. The van der Waals surface area contributed by atoms with Gasteiger partial charge in [-0.15, -0.1) is 0 Å². The molecule has 3 rings (SSSR count). The van der Waals surface area contributed by atoms with E-state index in [2.05, 4.69) is 10.3 Å². The Labute approximate surface area is 136 Å². The van der Waals surface area contributed by atoms with Crippen LogP contribution in [0.3, 0.4) is 0 Å². The van der Waals surface area contributed by atoms with Gasteiger partial charge in [0.05, 0.1) is 5.56 Å². The number of anilines is 1. The van der Waals surface area contributed by atoms with Gasteiger partial charge in [-0.2, -0.15) is 0 Å². The molecule has 2 heterocycles. The summed E-state index contributed by atoms with van der Waals surface area (Å²) in [4.78, 5) is 29.8. The predicted octanol–water partition coefficient (Wildman–Crippen LogP) is 1.77. The second-order valence-corrected chi connectivity index (χ2v) is 6.55. The molecule has 2 fully saturated rings. The largest absolute Gasteiger partial charge is 0.366 e. The Morgan fingerprint density at radius 1 is 1.17 bits per heavy atom. The first-order chi connectivity index (χ1) is 11.1. The molecular formula is C17H24N4O2. The average Bonchev–Trinajstić information content (AvgIpc) is 3.04. The van der Waals surface area contributed by atoms with Gasteiger partial charge in [-0.25, -0.2) is 4.98 Å². The number of nitrogens with one attached hydrogen (secondary N) is 1. The zero-order chi connectivity index (χ0) is 16.2. The van der Waals surface area contributed by atoms with E-state index in [1.165, 1.54) is 25.5 Å². The van der Waals surface area contributed by atoms with E-state index < -0.39 is 5.91 Å². The Morgan fingerprint density at radius 2 is 1.96 bits per heavy atom. The van der Waals surface area contributed by atoms with E-state index in [1.807, 2.05) is 4.90 Å². The molecule has 2 amide bonds. The fraction of sp³-hybridized carbons (Fsp3) is 0.588. The predicted molar refractivity (Wildman–Crippen MR) is 87.9 cm³/mol. The van der Waals surface area contributed by atoms with Crippen molar-refractivity contribution in [1.29, 1.82) is 0 Å². The standard InChI is InChI=1S/C17H24N4O2/c18-16(22)13-6-7-15(19-10-13)20-14-8-9-21(11-14)17(23)12-4-2-1-3-5-12/h6-7,10,12,14H,1-5,8-9,11H2,(H2,18,22)(H,19,20). The Kier molecular flexibility index (Phi) is 4.79. The van der Waals surface area contributed by atoms with Crippen molar-refractivity contribution in [2.45, 2.75) is 44.6 Å². The van der Waals surface area contributed by atoms with Gasteiger partial charge < -0.3 is 16.0 Å². The molecule has 1 aromatic rings. The molecule has 1 saturated carbocycles. The van der Waals surface area contributed by atoms with Gasteiger partial charge in [0.15, 0.2) is 0 Å². The van der Waals surface area contributed by atoms with E-state index in [9.17, 15) is 9.59 Å². The van der Waals surface area contributed by atoms with Crippen LogP contribution in [0.25, 0.3) is 0 Å². The molecule has 0 aromatic carbocycles. The topological polar surface area (TPSA) is 88.3 Å². The van der Waals surface area contributed by atoms with Crippen LogP contribution in [0.15, 0.2) is 18.3 Å². The quantitative estimate of drug-likeness (QED) is 0.886. The number of hydrogen-bond donors (Lipinski definition) is 2. The van der Waals surface area contributed by atoms with Gasteiger partial charge in [-0.1, -0.05) is 19.3 Å². The van der Waals surface area contributed by atoms with Crippen LogP contribution in [0.1, 0.15) is 48.9 Å². The van der Waals surface area contributed by atoms with E-state index >= 15 is 0 Å². The molecule has 0 radical (unpaired) electrons. The van der Waals surface area contributed by atoms with Gasteiger partial charge in [0, 0.05) is 31.2 Å². The summed E-state index contributed by atoms with van der Waals surface area (Å²) in [6, 6.07) is 3.64. The summed E-state index contributed by atoms with van der Waals surface area (Å²) in [6.45, 7) is 1.54. The molecule has 3 N–H and O–H groups in total. The number of carbonyl (C=O) groups is 2. The Hall–Kier alpha value is -2.11. The number of amides is 2. The first-order valence-electron chi connectivity index (χ1n) is 8.44. The number of nitrogens with zero attached hydrogens (tertiary/aromatic N) is 2. The minimum atomic E-state index is -0.478. The fourth-order valence-electron chi connectivity index (χ4n) is 3.52. The molecule has 23 heavy (non-hydrogen) atoms. The van der Waals surface area contributed by atoms with Crippen molar-refractivity contribution < 1.29 is 9.59 Å². The van der Waals surface area contributed by atoms with Gasteiger partial charge in [0.25, 0.3) is 0 Å². The molecule has 1 aliphatic carbocycles. The minimum Gasteiger partial charge on any atom is -0.366 e. The Balaban J connectivity index is 1.53. The van der Waals surface area contributed by atoms with Crippen molar-refractivity contribution in [2.75, 3.05) is 18.4 Å². The van der Waals surface area contributed by atoms with Crippen LogP contribution in [0.2, 0.25) is 0 Å². The molecular weight excluding hydrogens is 292 g/mol. The third-order valence-corrected chi connectivity index (χ3v) is 4.85. The first-order valence-corrected chi connectivity index (χ1v) is 8.44. The SMILES string of the molecule is NC(=O)c1ccc(NC2CCN(C(=O)C3CCCCC3)C2)nc1. The molecule has 1 atom stereocenters. The molecule has 124 valence electrons. The number of rotatable bonds is 4. The number of pyridine rings is 1. The average molecular weight is 316 g/mol. The fourth-order valence-corrected chi connectivity index (χ4v) is 3.52. The lowest BCUT2D eigenvalue weighted by Crippen LogP contribution is -2.36. The summed E-state index contributed by atoms with van der Waals surface area (Å²) in [5.41, 5.74) is 5.61. The zero-order valence-electron chi connectivity index (χ0n) is 13.3. The molecule has 1 saturated heterocycles. The number of likely N-dealkylation sites (tertiary alicyclic amines) is 1. The number of hydrogen-bond acceptors (Lipinski definition) is 4. The van der Waals surface area contributed by atoms with Crippen molar-refractivity contribution in [2.24, 2.45) is 11.7 Å². The van der Waals surface area contributed by atoms with E-state index in [1.54, 1.807) is 12.1 Å². The molecule has 1 aromatic heterocycles. The summed E-state index contributed by atoms with van der Waals surface area (Å²) >= 11 is 0.